The monoisotopic (exact) mass is 271 g/mol. The fraction of sp³-hybridized carbons (Fsp3) is 0.462. The summed E-state index contributed by atoms with van der Waals surface area (Å²) in [6.45, 7) is 2.01. The molecule has 0 aromatic heterocycles. The van der Waals surface area contributed by atoms with Gasteiger partial charge in [-0.1, -0.05) is 6.07 Å². The second-order valence-electron chi connectivity index (χ2n) is 4.48. The van der Waals surface area contributed by atoms with Gasteiger partial charge in [0.2, 0.25) is 0 Å². The molecule has 1 aromatic rings. The van der Waals surface area contributed by atoms with Gasteiger partial charge < -0.3 is 9.84 Å². The van der Waals surface area contributed by atoms with Crippen molar-refractivity contribution in [3.63, 3.8) is 0 Å². The first kappa shape index (κ1) is 13.9. The quantitative estimate of drug-likeness (QED) is 0.907. The Morgan fingerprint density at radius 2 is 2.21 bits per heavy atom. The van der Waals surface area contributed by atoms with Crippen LogP contribution in [0.2, 0.25) is 0 Å². The molecule has 0 saturated carbocycles. The number of benzene rings is 1. The molecule has 0 unspecified atom stereocenters. The molecule has 104 valence electrons. The van der Waals surface area contributed by atoms with Crippen molar-refractivity contribution in [2.75, 3.05) is 26.2 Å². The molecule has 1 aromatic carbocycles. The number of carboxylic acid groups (broad SMARTS) is 1. The maximum atomic E-state index is 13.2. The summed E-state index contributed by atoms with van der Waals surface area (Å²) in [6.07, 6.45) is -0.289. The summed E-state index contributed by atoms with van der Waals surface area (Å²) in [6, 6.07) is 3.69. The fourth-order valence-corrected chi connectivity index (χ4v) is 2.07. The van der Waals surface area contributed by atoms with Gasteiger partial charge in [-0.2, -0.15) is 0 Å². The summed E-state index contributed by atoms with van der Waals surface area (Å²) in [5.41, 5.74) is 0.568. The summed E-state index contributed by atoms with van der Waals surface area (Å²) in [5, 5.41) is 8.64. The molecule has 0 aliphatic carbocycles. The van der Waals surface area contributed by atoms with Crippen molar-refractivity contribution in [3.8, 4) is 0 Å². The Labute approximate surface area is 109 Å². The molecular formula is C13H15F2NO3. The van der Waals surface area contributed by atoms with Crippen LogP contribution in [0.15, 0.2) is 18.2 Å². The van der Waals surface area contributed by atoms with Crippen molar-refractivity contribution in [2.24, 2.45) is 0 Å². The molecule has 4 nitrogen and oxygen atoms in total. The molecule has 0 bridgehead atoms. The normalized spacial score (nSPS) is 20.4. The predicted octanol–water partition coefficient (Wildman–Crippen LogP) is 1.81. The third-order valence-electron chi connectivity index (χ3n) is 3.11. The van der Waals surface area contributed by atoms with Crippen LogP contribution in [0.25, 0.3) is 0 Å². The van der Waals surface area contributed by atoms with Crippen LogP contribution in [0.1, 0.15) is 18.1 Å². The molecule has 0 amide bonds. The summed E-state index contributed by atoms with van der Waals surface area (Å²) < 4.78 is 31.5. The van der Waals surface area contributed by atoms with Gasteiger partial charge in [-0.25, -0.2) is 8.78 Å². The van der Waals surface area contributed by atoms with Gasteiger partial charge in [0, 0.05) is 19.6 Å². The minimum Gasteiger partial charge on any atom is -0.481 e. The Morgan fingerprint density at radius 3 is 2.89 bits per heavy atom. The molecule has 1 heterocycles. The zero-order chi connectivity index (χ0) is 13.8. The highest BCUT2D eigenvalue weighted by Crippen LogP contribution is 2.23. The van der Waals surface area contributed by atoms with Crippen LogP contribution in [-0.2, 0) is 9.53 Å². The number of rotatable bonds is 4. The molecule has 1 N–H and O–H groups in total. The Balaban J connectivity index is 2.00. The van der Waals surface area contributed by atoms with Crippen LogP contribution in [0, 0.1) is 11.6 Å². The van der Waals surface area contributed by atoms with Crippen molar-refractivity contribution >= 4 is 5.97 Å². The van der Waals surface area contributed by atoms with Crippen molar-refractivity contribution in [2.45, 2.75) is 12.5 Å². The van der Waals surface area contributed by atoms with Gasteiger partial charge in [0.15, 0.2) is 11.6 Å². The smallest absolute Gasteiger partial charge is 0.304 e. The van der Waals surface area contributed by atoms with E-state index in [2.05, 4.69) is 0 Å². The molecule has 1 atom stereocenters. The second-order valence-corrected chi connectivity index (χ2v) is 4.48. The molecule has 2 rings (SSSR count). The van der Waals surface area contributed by atoms with E-state index in [-0.39, 0.29) is 12.5 Å². The summed E-state index contributed by atoms with van der Waals surface area (Å²) in [4.78, 5) is 12.5. The van der Waals surface area contributed by atoms with Crippen molar-refractivity contribution in [3.05, 3.63) is 35.4 Å². The Bertz CT molecular complexity index is 467. The number of aliphatic carboxylic acids is 1. The lowest BCUT2D eigenvalue weighted by Gasteiger charge is -2.32. The highest BCUT2D eigenvalue weighted by atomic mass is 19.2. The van der Waals surface area contributed by atoms with Gasteiger partial charge in [0.1, 0.15) is 0 Å². The number of morpholine rings is 1. The van der Waals surface area contributed by atoms with Crippen LogP contribution in [0.4, 0.5) is 8.78 Å². The van der Waals surface area contributed by atoms with E-state index >= 15 is 0 Å². The van der Waals surface area contributed by atoms with Gasteiger partial charge in [0.05, 0.1) is 19.1 Å². The Kier molecular flexibility index (Phi) is 4.44. The molecule has 1 aliphatic rings. The molecule has 19 heavy (non-hydrogen) atoms. The summed E-state index contributed by atoms with van der Waals surface area (Å²) >= 11 is 0. The average Bonchev–Trinajstić information content (AvgIpc) is 2.40. The highest BCUT2D eigenvalue weighted by molar-refractivity contribution is 5.66. The number of nitrogens with zero attached hydrogens (tertiary/aromatic N) is 1. The van der Waals surface area contributed by atoms with E-state index in [1.54, 1.807) is 0 Å². The Hall–Kier alpha value is -1.53. The predicted molar refractivity (Wildman–Crippen MR) is 63.7 cm³/mol. The zero-order valence-corrected chi connectivity index (χ0v) is 10.3. The minimum atomic E-state index is -0.899. The lowest BCUT2D eigenvalue weighted by atomic mass is 10.1. The minimum absolute atomic E-state index is 0.0600. The van der Waals surface area contributed by atoms with Crippen LogP contribution in [0.3, 0.4) is 0 Å². The molecule has 1 fully saturated rings. The van der Waals surface area contributed by atoms with E-state index in [9.17, 15) is 13.6 Å². The topological polar surface area (TPSA) is 49.8 Å². The molecule has 1 saturated heterocycles. The maximum Gasteiger partial charge on any atom is 0.304 e. The number of carbonyl (C=O) groups is 1. The van der Waals surface area contributed by atoms with Crippen molar-refractivity contribution in [1.82, 2.24) is 4.90 Å². The first-order chi connectivity index (χ1) is 9.06. The van der Waals surface area contributed by atoms with E-state index in [1.807, 2.05) is 4.90 Å². The summed E-state index contributed by atoms with van der Waals surface area (Å²) in [5.74, 6) is -2.64. The molecule has 6 heteroatoms. The number of halogens is 2. The maximum absolute atomic E-state index is 13.2. The van der Waals surface area contributed by atoms with Crippen LogP contribution in [0.5, 0.6) is 0 Å². The number of ether oxygens (including phenoxy) is 1. The van der Waals surface area contributed by atoms with E-state index in [1.165, 1.54) is 6.07 Å². The van der Waals surface area contributed by atoms with Crippen molar-refractivity contribution < 1.29 is 23.4 Å². The molecule has 0 spiro atoms. The third-order valence-corrected chi connectivity index (χ3v) is 3.11. The van der Waals surface area contributed by atoms with Gasteiger partial charge in [0.25, 0.3) is 0 Å². The van der Waals surface area contributed by atoms with E-state index in [0.29, 0.717) is 31.8 Å². The molecular weight excluding hydrogens is 256 g/mol. The number of hydrogen-bond acceptors (Lipinski definition) is 3. The largest absolute Gasteiger partial charge is 0.481 e. The molecule has 0 radical (unpaired) electrons. The van der Waals surface area contributed by atoms with E-state index in [4.69, 9.17) is 9.84 Å². The SMILES string of the molecule is O=C(O)CCN1CCO[C@H](c2ccc(F)c(F)c2)C1. The fourth-order valence-electron chi connectivity index (χ4n) is 2.07. The van der Waals surface area contributed by atoms with E-state index < -0.39 is 17.6 Å². The van der Waals surface area contributed by atoms with Crippen LogP contribution >= 0.6 is 0 Å². The summed E-state index contributed by atoms with van der Waals surface area (Å²) in [7, 11) is 0. The zero-order valence-electron chi connectivity index (χ0n) is 10.3. The third kappa shape index (κ3) is 3.71. The van der Waals surface area contributed by atoms with Gasteiger partial charge in [-0.05, 0) is 17.7 Å². The number of hydrogen-bond donors (Lipinski definition) is 1. The Morgan fingerprint density at radius 1 is 1.42 bits per heavy atom. The lowest BCUT2D eigenvalue weighted by molar-refractivity contribution is -0.137. The average molecular weight is 271 g/mol. The van der Waals surface area contributed by atoms with Crippen LogP contribution < -0.4 is 0 Å². The first-order valence-corrected chi connectivity index (χ1v) is 6.07. The van der Waals surface area contributed by atoms with Gasteiger partial charge in [-0.3, -0.25) is 9.69 Å². The van der Waals surface area contributed by atoms with Crippen molar-refractivity contribution in [1.29, 1.82) is 0 Å². The van der Waals surface area contributed by atoms with Gasteiger partial charge >= 0.3 is 5.97 Å². The van der Waals surface area contributed by atoms with Crippen LogP contribution in [-0.4, -0.2) is 42.2 Å². The van der Waals surface area contributed by atoms with E-state index in [0.717, 1.165) is 12.1 Å². The first-order valence-electron chi connectivity index (χ1n) is 6.07. The standard InChI is InChI=1S/C13H15F2NO3/c14-10-2-1-9(7-11(10)15)12-8-16(5-6-19-12)4-3-13(17)18/h1-2,7,12H,3-6,8H2,(H,17,18)/t12-/m0/s1. The van der Waals surface area contributed by atoms with Gasteiger partial charge in [-0.15, -0.1) is 0 Å². The lowest BCUT2D eigenvalue weighted by Crippen LogP contribution is -2.39. The molecule has 1 aliphatic heterocycles. The highest BCUT2D eigenvalue weighted by Gasteiger charge is 2.23. The number of carboxylic acids is 1. The second kappa shape index (κ2) is 6.08.